The molecule has 1 aromatic carbocycles. The molecular formula is C16H21NO5. The van der Waals surface area contributed by atoms with Crippen LogP contribution in [0.3, 0.4) is 0 Å². The molecule has 0 bridgehead atoms. The zero-order valence-electron chi connectivity index (χ0n) is 12.8. The second-order valence-electron chi connectivity index (χ2n) is 5.45. The van der Waals surface area contributed by atoms with Crippen LogP contribution >= 0.6 is 0 Å². The van der Waals surface area contributed by atoms with Crippen molar-refractivity contribution < 1.29 is 24.2 Å². The number of nitrogens with one attached hydrogen (secondary N) is 1. The Labute approximate surface area is 129 Å². The molecule has 0 saturated carbocycles. The molecule has 2 rings (SSSR count). The van der Waals surface area contributed by atoms with E-state index in [1.54, 1.807) is 6.07 Å². The van der Waals surface area contributed by atoms with Crippen molar-refractivity contribution in [3.05, 3.63) is 23.8 Å². The first-order chi connectivity index (χ1) is 10.5. The minimum atomic E-state index is -1.07. The molecule has 1 aliphatic heterocycles. The first-order valence-electron chi connectivity index (χ1n) is 7.36. The molecule has 2 N–H and O–H groups in total. The molecule has 1 aromatic rings. The third kappa shape index (κ3) is 4.21. The Morgan fingerprint density at radius 2 is 2.18 bits per heavy atom. The number of hydrogen-bond acceptors (Lipinski definition) is 4. The van der Waals surface area contributed by atoms with Crippen LogP contribution in [-0.2, 0) is 9.53 Å². The summed E-state index contributed by atoms with van der Waals surface area (Å²) in [6.07, 6.45) is 3.54. The second-order valence-corrected chi connectivity index (χ2v) is 5.45. The number of carbonyl (C=O) groups excluding carboxylic acids is 1. The fourth-order valence-corrected chi connectivity index (χ4v) is 2.56. The molecule has 120 valence electrons. The molecule has 1 saturated heterocycles. The summed E-state index contributed by atoms with van der Waals surface area (Å²) in [4.78, 5) is 23.0. The van der Waals surface area contributed by atoms with Gasteiger partial charge in [-0.2, -0.15) is 0 Å². The van der Waals surface area contributed by atoms with Crippen molar-refractivity contribution in [3.8, 4) is 5.75 Å². The number of carbonyl (C=O) groups is 2. The lowest BCUT2D eigenvalue weighted by molar-refractivity contribution is -0.116. The number of benzene rings is 1. The van der Waals surface area contributed by atoms with Crippen LogP contribution in [0, 0.1) is 0 Å². The van der Waals surface area contributed by atoms with E-state index in [0.29, 0.717) is 18.5 Å². The van der Waals surface area contributed by atoms with Crippen LogP contribution in [0.1, 0.15) is 43.0 Å². The average Bonchev–Trinajstić information content (AvgIpc) is 2.90. The SMILES string of the molecule is COc1cc(NC(=O)CCC2CCC(C)O2)ccc1C(=O)O. The highest BCUT2D eigenvalue weighted by molar-refractivity contribution is 5.94. The van der Waals surface area contributed by atoms with Gasteiger partial charge in [-0.05, 0) is 38.3 Å². The zero-order chi connectivity index (χ0) is 16.1. The summed E-state index contributed by atoms with van der Waals surface area (Å²) in [5.74, 6) is -0.964. The van der Waals surface area contributed by atoms with E-state index >= 15 is 0 Å². The van der Waals surface area contributed by atoms with Crippen molar-refractivity contribution in [2.75, 3.05) is 12.4 Å². The molecule has 6 nitrogen and oxygen atoms in total. The number of ether oxygens (including phenoxy) is 2. The van der Waals surface area contributed by atoms with Crippen LogP contribution in [0.2, 0.25) is 0 Å². The summed E-state index contributed by atoms with van der Waals surface area (Å²) in [7, 11) is 1.39. The quantitative estimate of drug-likeness (QED) is 0.844. The fraction of sp³-hybridized carbons (Fsp3) is 0.500. The number of hydrogen-bond donors (Lipinski definition) is 2. The number of aromatic carboxylic acids is 1. The van der Waals surface area contributed by atoms with Gasteiger partial charge in [0.25, 0.3) is 0 Å². The lowest BCUT2D eigenvalue weighted by Crippen LogP contribution is -2.16. The molecule has 1 aliphatic rings. The predicted octanol–water partition coefficient (Wildman–Crippen LogP) is 2.68. The summed E-state index contributed by atoms with van der Waals surface area (Å²) < 4.78 is 10.7. The van der Waals surface area contributed by atoms with Crippen molar-refractivity contribution in [3.63, 3.8) is 0 Å². The zero-order valence-corrected chi connectivity index (χ0v) is 12.8. The Balaban J connectivity index is 1.89. The van der Waals surface area contributed by atoms with Gasteiger partial charge in [0.05, 0.1) is 19.3 Å². The van der Waals surface area contributed by atoms with Gasteiger partial charge in [-0.15, -0.1) is 0 Å². The Morgan fingerprint density at radius 1 is 1.41 bits per heavy atom. The molecule has 0 radical (unpaired) electrons. The van der Waals surface area contributed by atoms with Gasteiger partial charge in [0.1, 0.15) is 11.3 Å². The topological polar surface area (TPSA) is 84.9 Å². The van der Waals surface area contributed by atoms with Crippen LogP contribution in [0.25, 0.3) is 0 Å². The van der Waals surface area contributed by atoms with Crippen LogP contribution in [0.4, 0.5) is 5.69 Å². The molecule has 1 amide bonds. The van der Waals surface area contributed by atoms with Gasteiger partial charge in [-0.1, -0.05) is 0 Å². The summed E-state index contributed by atoms with van der Waals surface area (Å²) >= 11 is 0. The Bertz CT molecular complexity index is 557. The summed E-state index contributed by atoms with van der Waals surface area (Å²) in [6, 6.07) is 4.48. The maximum absolute atomic E-state index is 11.9. The number of methoxy groups -OCH3 is 1. The van der Waals surface area contributed by atoms with Crippen LogP contribution < -0.4 is 10.1 Å². The van der Waals surface area contributed by atoms with Crippen molar-refractivity contribution in [2.45, 2.75) is 44.8 Å². The summed E-state index contributed by atoms with van der Waals surface area (Å²) in [5.41, 5.74) is 0.585. The third-order valence-electron chi connectivity index (χ3n) is 3.73. The highest BCUT2D eigenvalue weighted by Gasteiger charge is 2.22. The summed E-state index contributed by atoms with van der Waals surface area (Å²) in [5, 5.41) is 11.8. The lowest BCUT2D eigenvalue weighted by Gasteiger charge is -2.12. The van der Waals surface area contributed by atoms with Gasteiger partial charge in [0, 0.05) is 18.2 Å². The van der Waals surface area contributed by atoms with Crippen LogP contribution in [0.5, 0.6) is 5.75 Å². The second kappa shape index (κ2) is 7.26. The molecule has 0 spiro atoms. The van der Waals surface area contributed by atoms with Gasteiger partial charge in [0.2, 0.25) is 5.91 Å². The first-order valence-corrected chi connectivity index (χ1v) is 7.36. The van der Waals surface area contributed by atoms with Crippen molar-refractivity contribution in [1.29, 1.82) is 0 Å². The maximum atomic E-state index is 11.9. The van der Waals surface area contributed by atoms with E-state index in [1.165, 1.54) is 19.2 Å². The van der Waals surface area contributed by atoms with E-state index in [-0.39, 0.29) is 29.4 Å². The Kier molecular flexibility index (Phi) is 5.38. The highest BCUT2D eigenvalue weighted by Crippen LogP contribution is 2.25. The highest BCUT2D eigenvalue weighted by atomic mass is 16.5. The molecular weight excluding hydrogens is 286 g/mol. The van der Waals surface area contributed by atoms with Gasteiger partial charge in [-0.3, -0.25) is 4.79 Å². The van der Waals surface area contributed by atoms with Gasteiger partial charge < -0.3 is 19.9 Å². The van der Waals surface area contributed by atoms with Gasteiger partial charge >= 0.3 is 5.97 Å². The number of anilines is 1. The van der Waals surface area contributed by atoms with E-state index in [2.05, 4.69) is 5.32 Å². The van der Waals surface area contributed by atoms with Crippen molar-refractivity contribution in [1.82, 2.24) is 0 Å². The van der Waals surface area contributed by atoms with E-state index in [1.807, 2.05) is 6.92 Å². The first kappa shape index (κ1) is 16.3. The molecule has 1 heterocycles. The Hall–Kier alpha value is -2.08. The molecule has 1 fully saturated rings. The van der Waals surface area contributed by atoms with Gasteiger partial charge in [-0.25, -0.2) is 4.79 Å². The van der Waals surface area contributed by atoms with Crippen LogP contribution in [0.15, 0.2) is 18.2 Å². The molecule has 0 aliphatic carbocycles. The monoisotopic (exact) mass is 307 g/mol. The number of rotatable bonds is 6. The van der Waals surface area contributed by atoms with E-state index in [0.717, 1.165) is 12.8 Å². The fourth-order valence-electron chi connectivity index (χ4n) is 2.56. The van der Waals surface area contributed by atoms with E-state index in [4.69, 9.17) is 14.6 Å². The largest absolute Gasteiger partial charge is 0.496 e. The molecule has 6 heteroatoms. The van der Waals surface area contributed by atoms with E-state index < -0.39 is 5.97 Å². The van der Waals surface area contributed by atoms with Gasteiger partial charge in [0.15, 0.2) is 0 Å². The predicted molar refractivity (Wildman–Crippen MR) is 81.4 cm³/mol. The number of carboxylic acids is 1. The van der Waals surface area contributed by atoms with Crippen molar-refractivity contribution >= 4 is 17.6 Å². The molecule has 0 aromatic heterocycles. The number of carboxylic acid groups (broad SMARTS) is 1. The standard InChI is InChI=1S/C16H21NO5/c1-10-3-5-12(22-10)6-8-15(18)17-11-4-7-13(16(19)20)14(9-11)21-2/h4,7,9-10,12H,3,5-6,8H2,1-2H3,(H,17,18)(H,19,20). The van der Waals surface area contributed by atoms with Crippen LogP contribution in [-0.4, -0.2) is 36.3 Å². The minimum Gasteiger partial charge on any atom is -0.496 e. The summed E-state index contributed by atoms with van der Waals surface area (Å²) in [6.45, 7) is 2.04. The normalized spacial score (nSPS) is 20.6. The molecule has 2 atom stereocenters. The van der Waals surface area contributed by atoms with Crippen molar-refractivity contribution in [2.24, 2.45) is 0 Å². The average molecular weight is 307 g/mol. The smallest absolute Gasteiger partial charge is 0.339 e. The maximum Gasteiger partial charge on any atom is 0.339 e. The van der Waals surface area contributed by atoms with E-state index in [9.17, 15) is 9.59 Å². The molecule has 2 unspecified atom stereocenters. The lowest BCUT2D eigenvalue weighted by atomic mass is 10.1. The Morgan fingerprint density at radius 3 is 2.77 bits per heavy atom. The molecule has 22 heavy (non-hydrogen) atoms. The third-order valence-corrected chi connectivity index (χ3v) is 3.73. The number of amides is 1. The minimum absolute atomic E-state index is 0.0637.